The second-order valence-electron chi connectivity index (χ2n) is 5.09. The Kier molecular flexibility index (Phi) is 5.14. The number of aromatic nitrogens is 2. The number of Topliss-reactive ketones (excluding diaryl/α,β-unsaturated/α-hetero) is 1. The molecule has 0 spiro atoms. The molecule has 0 saturated carbocycles. The number of halogens is 3. The number of alkyl halides is 3. The summed E-state index contributed by atoms with van der Waals surface area (Å²) in [5, 5.41) is 2.63. The summed E-state index contributed by atoms with van der Waals surface area (Å²) in [5.74, 6) is -2.72. The van der Waals surface area contributed by atoms with Crippen molar-refractivity contribution in [3.05, 3.63) is 18.1 Å². The van der Waals surface area contributed by atoms with Crippen molar-refractivity contribution in [3.8, 4) is 5.88 Å². The van der Waals surface area contributed by atoms with Gasteiger partial charge < -0.3 is 15.8 Å². The Bertz CT molecular complexity index is 594. The Labute approximate surface area is 129 Å². The van der Waals surface area contributed by atoms with E-state index in [1.807, 2.05) is 0 Å². The average molecular weight is 332 g/mol. The number of carbonyl (C=O) groups excluding carboxylic acids is 2. The lowest BCUT2D eigenvalue weighted by atomic mass is 9.97. The van der Waals surface area contributed by atoms with Crippen molar-refractivity contribution >= 4 is 11.7 Å². The predicted molar refractivity (Wildman–Crippen MR) is 71.2 cm³/mol. The highest BCUT2D eigenvalue weighted by Gasteiger charge is 2.35. The molecule has 2 atom stereocenters. The third-order valence-electron chi connectivity index (χ3n) is 3.36. The van der Waals surface area contributed by atoms with E-state index < -0.39 is 30.4 Å². The molecule has 1 fully saturated rings. The SMILES string of the molecule is N[C@@H](C[C@@H]1CCNC1=O)C(=O)COc1ccnc(C(F)(F)F)n1. The van der Waals surface area contributed by atoms with E-state index in [2.05, 4.69) is 15.3 Å². The van der Waals surface area contributed by atoms with Crippen LogP contribution >= 0.6 is 0 Å². The fraction of sp³-hybridized carbons (Fsp3) is 0.538. The zero-order valence-corrected chi connectivity index (χ0v) is 12.0. The van der Waals surface area contributed by atoms with Gasteiger partial charge in [-0.3, -0.25) is 9.59 Å². The van der Waals surface area contributed by atoms with Gasteiger partial charge in [0.1, 0.15) is 6.61 Å². The number of ketones is 1. The summed E-state index contributed by atoms with van der Waals surface area (Å²) in [6, 6.07) is 0.186. The Morgan fingerprint density at radius 2 is 2.26 bits per heavy atom. The summed E-state index contributed by atoms with van der Waals surface area (Å²) in [6.07, 6.45) is -3.04. The standard InChI is InChI=1S/C13H15F3N4O3/c14-13(15,16)12-19-4-2-10(20-12)23-6-9(21)8(17)5-7-1-3-18-11(7)22/h2,4,7-8H,1,3,5-6,17H2,(H,18,22)/t7-,8-/m0/s1. The van der Waals surface area contributed by atoms with Crippen LogP contribution in [0, 0.1) is 5.92 Å². The summed E-state index contributed by atoms with van der Waals surface area (Å²) in [4.78, 5) is 29.5. The van der Waals surface area contributed by atoms with Crippen LogP contribution in [0.5, 0.6) is 5.88 Å². The van der Waals surface area contributed by atoms with Gasteiger partial charge in [0.05, 0.1) is 6.04 Å². The van der Waals surface area contributed by atoms with Crippen LogP contribution in [0.4, 0.5) is 13.2 Å². The molecule has 3 N–H and O–H groups in total. The summed E-state index contributed by atoms with van der Waals surface area (Å²) < 4.78 is 42.3. The maximum absolute atomic E-state index is 12.5. The second kappa shape index (κ2) is 6.90. The second-order valence-corrected chi connectivity index (χ2v) is 5.09. The molecular formula is C13H15F3N4O3. The van der Waals surface area contributed by atoms with Crippen LogP contribution in [0.1, 0.15) is 18.7 Å². The predicted octanol–water partition coefficient (Wildman–Crippen LogP) is 0.297. The van der Waals surface area contributed by atoms with Crippen molar-refractivity contribution in [2.24, 2.45) is 11.7 Å². The van der Waals surface area contributed by atoms with Gasteiger partial charge in [-0.05, 0) is 12.8 Å². The number of hydrogen-bond donors (Lipinski definition) is 2. The highest BCUT2D eigenvalue weighted by Crippen LogP contribution is 2.26. The third kappa shape index (κ3) is 4.62. The Hall–Kier alpha value is -2.23. The molecule has 0 bridgehead atoms. The van der Waals surface area contributed by atoms with Crippen LogP contribution in [-0.2, 0) is 15.8 Å². The molecule has 0 aromatic carbocycles. The fourth-order valence-electron chi connectivity index (χ4n) is 2.12. The van der Waals surface area contributed by atoms with Crippen LogP contribution in [0.15, 0.2) is 12.3 Å². The normalized spacial score (nSPS) is 19.3. The van der Waals surface area contributed by atoms with E-state index in [-0.39, 0.29) is 24.1 Å². The zero-order valence-electron chi connectivity index (χ0n) is 12.0. The van der Waals surface area contributed by atoms with E-state index in [0.29, 0.717) is 13.0 Å². The fourth-order valence-corrected chi connectivity index (χ4v) is 2.12. The third-order valence-corrected chi connectivity index (χ3v) is 3.36. The van der Waals surface area contributed by atoms with Gasteiger partial charge in [0.25, 0.3) is 0 Å². The molecule has 1 amide bonds. The van der Waals surface area contributed by atoms with Crippen molar-refractivity contribution in [1.29, 1.82) is 0 Å². The molecule has 0 aliphatic carbocycles. The van der Waals surface area contributed by atoms with E-state index in [9.17, 15) is 22.8 Å². The van der Waals surface area contributed by atoms with Gasteiger partial charge in [0, 0.05) is 24.7 Å². The van der Waals surface area contributed by atoms with Crippen LogP contribution in [0.25, 0.3) is 0 Å². The zero-order chi connectivity index (χ0) is 17.0. The maximum atomic E-state index is 12.5. The molecule has 7 nitrogen and oxygen atoms in total. The van der Waals surface area contributed by atoms with Crippen molar-refractivity contribution in [2.45, 2.75) is 25.1 Å². The summed E-state index contributed by atoms with van der Waals surface area (Å²) in [6.45, 7) is 0.0197. The van der Waals surface area contributed by atoms with E-state index in [0.717, 1.165) is 12.3 Å². The van der Waals surface area contributed by atoms with Crippen LogP contribution in [0.2, 0.25) is 0 Å². The Morgan fingerprint density at radius 3 is 2.87 bits per heavy atom. The number of rotatable bonds is 6. The number of carbonyl (C=O) groups is 2. The van der Waals surface area contributed by atoms with Crippen LogP contribution in [-0.4, -0.2) is 40.9 Å². The maximum Gasteiger partial charge on any atom is 0.451 e. The minimum atomic E-state index is -4.70. The molecule has 126 valence electrons. The summed E-state index contributed by atoms with van der Waals surface area (Å²) in [7, 11) is 0. The number of nitrogens with one attached hydrogen (secondary N) is 1. The molecule has 1 aromatic heterocycles. The van der Waals surface area contributed by atoms with Gasteiger partial charge in [0.2, 0.25) is 17.6 Å². The minimum absolute atomic E-state index is 0.153. The lowest BCUT2D eigenvalue weighted by Gasteiger charge is -2.14. The molecule has 2 heterocycles. The molecule has 2 rings (SSSR count). The van der Waals surface area contributed by atoms with Gasteiger partial charge in [0.15, 0.2) is 5.78 Å². The van der Waals surface area contributed by atoms with Crippen LogP contribution in [0.3, 0.4) is 0 Å². The van der Waals surface area contributed by atoms with E-state index >= 15 is 0 Å². The first kappa shape index (κ1) is 17.1. The molecule has 23 heavy (non-hydrogen) atoms. The molecule has 1 aliphatic rings. The topological polar surface area (TPSA) is 107 Å². The van der Waals surface area contributed by atoms with Gasteiger partial charge in [-0.2, -0.15) is 18.2 Å². The van der Waals surface area contributed by atoms with Gasteiger partial charge >= 0.3 is 6.18 Å². The molecule has 1 saturated heterocycles. The molecular weight excluding hydrogens is 317 g/mol. The van der Waals surface area contributed by atoms with E-state index in [4.69, 9.17) is 10.5 Å². The average Bonchev–Trinajstić information content (AvgIpc) is 2.89. The first-order chi connectivity index (χ1) is 10.8. The van der Waals surface area contributed by atoms with Crippen molar-refractivity contribution in [1.82, 2.24) is 15.3 Å². The minimum Gasteiger partial charge on any atom is -0.470 e. The highest BCUT2D eigenvalue weighted by atomic mass is 19.4. The highest BCUT2D eigenvalue weighted by molar-refractivity contribution is 5.87. The molecule has 0 radical (unpaired) electrons. The number of hydrogen-bond acceptors (Lipinski definition) is 6. The van der Waals surface area contributed by atoms with Gasteiger partial charge in [-0.25, -0.2) is 4.98 Å². The monoisotopic (exact) mass is 332 g/mol. The lowest BCUT2D eigenvalue weighted by molar-refractivity contribution is -0.145. The van der Waals surface area contributed by atoms with E-state index in [1.54, 1.807) is 0 Å². The Morgan fingerprint density at radius 1 is 1.52 bits per heavy atom. The van der Waals surface area contributed by atoms with E-state index in [1.165, 1.54) is 0 Å². The lowest BCUT2D eigenvalue weighted by Crippen LogP contribution is -2.37. The molecule has 0 unspecified atom stereocenters. The molecule has 1 aromatic rings. The number of nitrogens with two attached hydrogens (primary N) is 1. The van der Waals surface area contributed by atoms with Crippen molar-refractivity contribution < 1.29 is 27.5 Å². The Balaban J connectivity index is 1.87. The number of ether oxygens (including phenoxy) is 1. The first-order valence-electron chi connectivity index (χ1n) is 6.86. The molecule has 1 aliphatic heterocycles. The van der Waals surface area contributed by atoms with Gasteiger partial charge in [-0.15, -0.1) is 0 Å². The summed E-state index contributed by atoms with van der Waals surface area (Å²) in [5.41, 5.74) is 5.70. The van der Waals surface area contributed by atoms with Crippen molar-refractivity contribution in [2.75, 3.05) is 13.2 Å². The largest absolute Gasteiger partial charge is 0.470 e. The van der Waals surface area contributed by atoms with Crippen molar-refractivity contribution in [3.63, 3.8) is 0 Å². The quantitative estimate of drug-likeness (QED) is 0.776. The van der Waals surface area contributed by atoms with Crippen LogP contribution < -0.4 is 15.8 Å². The summed E-state index contributed by atoms with van der Waals surface area (Å²) >= 11 is 0. The molecule has 10 heteroatoms. The first-order valence-corrected chi connectivity index (χ1v) is 6.86. The van der Waals surface area contributed by atoms with Gasteiger partial charge in [-0.1, -0.05) is 0 Å². The number of amides is 1. The number of nitrogens with zero attached hydrogens (tertiary/aromatic N) is 2. The smallest absolute Gasteiger partial charge is 0.451 e.